The predicted octanol–water partition coefficient (Wildman–Crippen LogP) is 3.00. The number of hydrogen-bond donors (Lipinski definition) is 1. The molecule has 2 heterocycles. The van der Waals surface area contributed by atoms with E-state index in [4.69, 9.17) is 9.47 Å². The molecule has 1 aromatic carbocycles. The summed E-state index contributed by atoms with van der Waals surface area (Å²) in [4.78, 5) is 0. The molecular formula is C15H20BrNO2. The van der Waals surface area contributed by atoms with Gasteiger partial charge in [-0.1, -0.05) is 22.0 Å². The van der Waals surface area contributed by atoms with E-state index in [2.05, 4.69) is 39.4 Å². The lowest BCUT2D eigenvalue weighted by molar-refractivity contribution is 0.0739. The van der Waals surface area contributed by atoms with Gasteiger partial charge in [0.25, 0.3) is 0 Å². The van der Waals surface area contributed by atoms with Gasteiger partial charge < -0.3 is 14.8 Å². The number of morpholine rings is 1. The normalized spacial score (nSPS) is 25.4. The van der Waals surface area contributed by atoms with Crippen LogP contribution in [-0.2, 0) is 9.47 Å². The van der Waals surface area contributed by atoms with Crippen LogP contribution in [0, 0.1) is 0 Å². The molecule has 0 amide bonds. The van der Waals surface area contributed by atoms with Crippen LogP contribution in [0.2, 0.25) is 0 Å². The first-order valence-electron chi connectivity index (χ1n) is 7.03. The molecule has 2 saturated heterocycles. The summed E-state index contributed by atoms with van der Waals surface area (Å²) < 4.78 is 12.2. The van der Waals surface area contributed by atoms with Crippen molar-refractivity contribution < 1.29 is 9.47 Å². The molecule has 4 heteroatoms. The molecule has 0 spiro atoms. The minimum Gasteiger partial charge on any atom is -0.381 e. The van der Waals surface area contributed by atoms with Gasteiger partial charge >= 0.3 is 0 Å². The lowest BCUT2D eigenvalue weighted by atomic mass is 9.86. The number of rotatable bonds is 2. The van der Waals surface area contributed by atoms with E-state index < -0.39 is 0 Å². The molecule has 0 radical (unpaired) electrons. The zero-order valence-electron chi connectivity index (χ0n) is 11.0. The zero-order chi connectivity index (χ0) is 13.1. The third-order valence-corrected chi connectivity index (χ3v) is 4.50. The Bertz CT molecular complexity index is 426. The van der Waals surface area contributed by atoms with Gasteiger partial charge in [-0.2, -0.15) is 0 Å². The Morgan fingerprint density at radius 3 is 2.63 bits per heavy atom. The average molecular weight is 326 g/mol. The minimum atomic E-state index is 0.323. The van der Waals surface area contributed by atoms with Crippen molar-refractivity contribution in [1.29, 1.82) is 0 Å². The number of nitrogens with one attached hydrogen (secondary N) is 1. The van der Waals surface area contributed by atoms with Crippen LogP contribution in [-0.4, -0.2) is 33.0 Å². The summed E-state index contributed by atoms with van der Waals surface area (Å²) in [5.74, 6) is 0.626. The first-order valence-corrected chi connectivity index (χ1v) is 7.82. The van der Waals surface area contributed by atoms with Crippen LogP contribution in [0.15, 0.2) is 22.7 Å². The Morgan fingerprint density at radius 2 is 1.89 bits per heavy atom. The SMILES string of the molecule is Brc1ccc(C2CCOCC2)c(C2COCCN2)c1. The Labute approximate surface area is 122 Å². The molecule has 1 N–H and O–H groups in total. The first kappa shape index (κ1) is 13.6. The Kier molecular flexibility index (Phi) is 4.53. The highest BCUT2D eigenvalue weighted by atomic mass is 79.9. The molecule has 3 nitrogen and oxygen atoms in total. The Morgan fingerprint density at radius 1 is 1.05 bits per heavy atom. The van der Waals surface area contributed by atoms with E-state index in [-0.39, 0.29) is 0 Å². The maximum absolute atomic E-state index is 5.62. The lowest BCUT2D eigenvalue weighted by Gasteiger charge is -2.30. The lowest BCUT2D eigenvalue weighted by Crippen LogP contribution is -2.35. The van der Waals surface area contributed by atoms with Crippen molar-refractivity contribution in [2.24, 2.45) is 0 Å². The summed E-state index contributed by atoms with van der Waals surface area (Å²) in [7, 11) is 0. The molecule has 0 bridgehead atoms. The van der Waals surface area contributed by atoms with Crippen LogP contribution in [0.3, 0.4) is 0 Å². The zero-order valence-corrected chi connectivity index (χ0v) is 12.6. The summed E-state index contributed by atoms with van der Waals surface area (Å²) in [5, 5.41) is 3.57. The van der Waals surface area contributed by atoms with Crippen molar-refractivity contribution in [1.82, 2.24) is 5.32 Å². The second kappa shape index (κ2) is 6.35. The minimum absolute atomic E-state index is 0.323. The van der Waals surface area contributed by atoms with E-state index in [0.717, 1.165) is 50.3 Å². The van der Waals surface area contributed by atoms with Gasteiger partial charge in [-0.15, -0.1) is 0 Å². The highest BCUT2D eigenvalue weighted by Crippen LogP contribution is 2.34. The molecule has 2 aliphatic heterocycles. The summed E-state index contributed by atoms with van der Waals surface area (Å²) in [6.07, 6.45) is 2.25. The van der Waals surface area contributed by atoms with Crippen molar-refractivity contribution in [3.05, 3.63) is 33.8 Å². The van der Waals surface area contributed by atoms with Crippen LogP contribution in [0.5, 0.6) is 0 Å². The van der Waals surface area contributed by atoms with E-state index in [9.17, 15) is 0 Å². The van der Waals surface area contributed by atoms with Crippen LogP contribution >= 0.6 is 15.9 Å². The molecule has 0 aromatic heterocycles. The van der Waals surface area contributed by atoms with Gasteiger partial charge in [0, 0.05) is 24.2 Å². The van der Waals surface area contributed by atoms with Crippen LogP contribution in [0.4, 0.5) is 0 Å². The molecule has 0 saturated carbocycles. The van der Waals surface area contributed by atoms with Gasteiger partial charge in [0.2, 0.25) is 0 Å². The molecule has 2 fully saturated rings. The van der Waals surface area contributed by atoms with Gasteiger partial charge in [0.15, 0.2) is 0 Å². The van der Waals surface area contributed by atoms with Crippen molar-refractivity contribution in [2.75, 3.05) is 33.0 Å². The maximum atomic E-state index is 5.62. The van der Waals surface area contributed by atoms with Gasteiger partial charge in [0.1, 0.15) is 0 Å². The molecule has 1 unspecified atom stereocenters. The van der Waals surface area contributed by atoms with E-state index in [1.54, 1.807) is 0 Å². The molecule has 1 atom stereocenters. The fraction of sp³-hybridized carbons (Fsp3) is 0.600. The maximum Gasteiger partial charge on any atom is 0.0662 e. The number of halogens is 1. The second-order valence-electron chi connectivity index (χ2n) is 5.24. The highest BCUT2D eigenvalue weighted by Gasteiger charge is 2.24. The monoisotopic (exact) mass is 325 g/mol. The van der Waals surface area contributed by atoms with Gasteiger partial charge in [-0.3, -0.25) is 0 Å². The summed E-state index contributed by atoms with van der Waals surface area (Å²) in [6, 6.07) is 6.99. The third-order valence-electron chi connectivity index (χ3n) is 4.01. The average Bonchev–Trinajstić information content (AvgIpc) is 2.49. The quantitative estimate of drug-likeness (QED) is 0.906. The molecule has 2 aliphatic rings. The van der Waals surface area contributed by atoms with Crippen LogP contribution in [0.25, 0.3) is 0 Å². The Balaban J connectivity index is 1.88. The topological polar surface area (TPSA) is 30.5 Å². The van der Waals surface area contributed by atoms with Gasteiger partial charge in [-0.05, 0) is 42.0 Å². The fourth-order valence-corrected chi connectivity index (χ4v) is 3.37. The van der Waals surface area contributed by atoms with E-state index in [1.165, 1.54) is 11.1 Å². The molecule has 0 aliphatic carbocycles. The third kappa shape index (κ3) is 3.19. The van der Waals surface area contributed by atoms with E-state index >= 15 is 0 Å². The Hall–Kier alpha value is -0.420. The molecule has 19 heavy (non-hydrogen) atoms. The van der Waals surface area contributed by atoms with Gasteiger partial charge in [0.05, 0.1) is 19.3 Å². The largest absolute Gasteiger partial charge is 0.381 e. The summed E-state index contributed by atoms with van der Waals surface area (Å²) in [5.41, 5.74) is 2.86. The number of ether oxygens (including phenoxy) is 2. The summed E-state index contributed by atoms with van der Waals surface area (Å²) >= 11 is 3.59. The van der Waals surface area contributed by atoms with Gasteiger partial charge in [-0.25, -0.2) is 0 Å². The van der Waals surface area contributed by atoms with Crippen molar-refractivity contribution >= 4 is 15.9 Å². The van der Waals surface area contributed by atoms with E-state index in [1.807, 2.05) is 0 Å². The van der Waals surface area contributed by atoms with Crippen molar-refractivity contribution in [3.8, 4) is 0 Å². The second-order valence-corrected chi connectivity index (χ2v) is 6.16. The van der Waals surface area contributed by atoms with Crippen LogP contribution in [0.1, 0.15) is 35.9 Å². The summed E-state index contributed by atoms with van der Waals surface area (Å²) in [6.45, 7) is 4.29. The molecular weight excluding hydrogens is 306 g/mol. The molecule has 3 rings (SSSR count). The van der Waals surface area contributed by atoms with Crippen molar-refractivity contribution in [3.63, 3.8) is 0 Å². The van der Waals surface area contributed by atoms with Crippen molar-refractivity contribution in [2.45, 2.75) is 24.8 Å². The first-order chi connectivity index (χ1) is 9.34. The standard InChI is InChI=1S/C15H20BrNO2/c16-12-1-2-13(11-3-6-18-7-4-11)14(9-12)15-10-19-8-5-17-15/h1-2,9,11,15,17H,3-8,10H2. The smallest absolute Gasteiger partial charge is 0.0662 e. The fourth-order valence-electron chi connectivity index (χ4n) is 2.99. The number of benzene rings is 1. The predicted molar refractivity (Wildman–Crippen MR) is 78.5 cm³/mol. The van der Waals surface area contributed by atoms with Crippen LogP contribution < -0.4 is 5.32 Å². The molecule has 1 aromatic rings. The molecule has 104 valence electrons. The highest BCUT2D eigenvalue weighted by molar-refractivity contribution is 9.10. The number of hydrogen-bond acceptors (Lipinski definition) is 3. The van der Waals surface area contributed by atoms with E-state index in [0.29, 0.717) is 12.0 Å².